The van der Waals surface area contributed by atoms with Crippen molar-refractivity contribution in [1.82, 2.24) is 5.32 Å². The third-order valence-electron chi connectivity index (χ3n) is 3.09. The van der Waals surface area contributed by atoms with Crippen LogP contribution in [0.2, 0.25) is 0 Å². The third kappa shape index (κ3) is 5.53. The maximum Gasteiger partial charge on any atom is 0.117 e. The molecule has 1 aromatic rings. The van der Waals surface area contributed by atoms with E-state index in [2.05, 4.69) is 5.32 Å². The molecule has 0 radical (unpaired) electrons. The molecule has 0 spiro atoms. The second-order valence-electron chi connectivity index (χ2n) is 4.31. The second kappa shape index (κ2) is 10.6. The van der Waals surface area contributed by atoms with E-state index in [4.69, 9.17) is 9.52 Å². The molecule has 0 amide bonds. The number of hydrogen-bond acceptors (Lipinski definition) is 6. The van der Waals surface area contributed by atoms with Crippen LogP contribution in [0.5, 0.6) is 0 Å². The minimum atomic E-state index is -1.31. The molecule has 124 valence electrons. The molecule has 5 N–H and O–H groups in total. The Kier molecular flexibility index (Phi) is 11.6. The highest BCUT2D eigenvalue weighted by atomic mass is 32.1. The Hall–Kier alpha value is -0.130. The number of furan rings is 1. The SMILES string of the molecule is OCC1=C[C@H](NCc2ccco2)[C@H](O)C(O)[C@@H]1O.S.S.S. The smallest absolute Gasteiger partial charge is 0.117 e. The van der Waals surface area contributed by atoms with E-state index in [1.54, 1.807) is 18.4 Å². The highest BCUT2D eigenvalue weighted by Gasteiger charge is 2.36. The average Bonchev–Trinajstić information content (AvgIpc) is 2.88. The lowest BCUT2D eigenvalue weighted by molar-refractivity contribution is -0.0645. The van der Waals surface area contributed by atoms with Gasteiger partial charge in [0.25, 0.3) is 0 Å². The first-order valence-electron chi connectivity index (χ1n) is 5.75. The summed E-state index contributed by atoms with van der Waals surface area (Å²) in [6, 6.07) is 2.99. The fourth-order valence-corrected chi connectivity index (χ4v) is 2.00. The highest BCUT2D eigenvalue weighted by molar-refractivity contribution is 7.59. The molecule has 1 aliphatic carbocycles. The van der Waals surface area contributed by atoms with E-state index in [9.17, 15) is 15.3 Å². The van der Waals surface area contributed by atoms with Gasteiger partial charge in [0.05, 0.1) is 25.5 Å². The summed E-state index contributed by atoms with van der Waals surface area (Å²) in [6.07, 6.45) is -0.601. The predicted octanol–water partition coefficient (Wildman–Crippen LogP) is -0.909. The molecule has 0 aromatic carbocycles. The van der Waals surface area contributed by atoms with E-state index in [0.717, 1.165) is 0 Å². The number of aliphatic hydroxyl groups is 4. The van der Waals surface area contributed by atoms with Crippen molar-refractivity contribution in [3.63, 3.8) is 0 Å². The van der Waals surface area contributed by atoms with Gasteiger partial charge in [0.15, 0.2) is 0 Å². The van der Waals surface area contributed by atoms with E-state index in [1.165, 1.54) is 6.08 Å². The van der Waals surface area contributed by atoms with Gasteiger partial charge in [-0.1, -0.05) is 6.08 Å². The number of rotatable bonds is 4. The molecule has 4 atom stereocenters. The topological polar surface area (TPSA) is 106 Å². The molecule has 0 saturated heterocycles. The highest BCUT2D eigenvalue weighted by Crippen LogP contribution is 2.20. The van der Waals surface area contributed by atoms with Crippen LogP contribution in [0.15, 0.2) is 34.5 Å². The van der Waals surface area contributed by atoms with Crippen molar-refractivity contribution >= 4 is 40.5 Å². The van der Waals surface area contributed by atoms with Crippen LogP contribution in [0.25, 0.3) is 0 Å². The number of hydrogen-bond donors (Lipinski definition) is 5. The van der Waals surface area contributed by atoms with Gasteiger partial charge >= 0.3 is 0 Å². The quantitative estimate of drug-likeness (QED) is 0.447. The van der Waals surface area contributed by atoms with E-state index in [1.807, 2.05) is 0 Å². The van der Waals surface area contributed by atoms with Crippen molar-refractivity contribution in [2.75, 3.05) is 6.61 Å². The Bertz CT molecular complexity index is 415. The minimum Gasteiger partial charge on any atom is -0.468 e. The molecule has 0 saturated carbocycles. The van der Waals surface area contributed by atoms with Gasteiger partial charge in [-0.15, -0.1) is 0 Å². The molecule has 9 heteroatoms. The Morgan fingerprint density at radius 3 is 2.29 bits per heavy atom. The summed E-state index contributed by atoms with van der Waals surface area (Å²) >= 11 is 0. The summed E-state index contributed by atoms with van der Waals surface area (Å²) in [6.45, 7) is 0.0244. The maximum atomic E-state index is 9.82. The summed E-state index contributed by atoms with van der Waals surface area (Å²) < 4.78 is 5.13. The zero-order chi connectivity index (χ0) is 13.1. The Balaban J connectivity index is 0. The fourth-order valence-electron chi connectivity index (χ4n) is 2.00. The zero-order valence-electron chi connectivity index (χ0n) is 11.2. The van der Waals surface area contributed by atoms with Gasteiger partial charge in [0, 0.05) is 0 Å². The molecule has 0 fully saturated rings. The Morgan fingerprint density at radius 1 is 1.10 bits per heavy atom. The standard InChI is InChI=1S/C12H17NO5.3H2S/c14-6-7-4-9(11(16)12(17)10(7)15)13-5-8-2-1-3-18-8;;;/h1-4,9-17H,5-6H2;3*1H2/t9-,10+,11-,12?;;;/m0.../s1. The molecule has 6 nitrogen and oxygen atoms in total. The van der Waals surface area contributed by atoms with Crippen LogP contribution in [0.4, 0.5) is 0 Å². The summed E-state index contributed by atoms with van der Waals surface area (Å²) in [7, 11) is 0. The van der Waals surface area contributed by atoms with Crippen molar-refractivity contribution in [2.24, 2.45) is 0 Å². The summed E-state index contributed by atoms with van der Waals surface area (Å²) in [4.78, 5) is 0. The van der Waals surface area contributed by atoms with Gasteiger partial charge in [0.2, 0.25) is 0 Å². The number of aliphatic hydroxyl groups excluding tert-OH is 4. The summed E-state index contributed by atoms with van der Waals surface area (Å²) in [5.74, 6) is 0.696. The monoisotopic (exact) mass is 357 g/mol. The van der Waals surface area contributed by atoms with E-state index >= 15 is 0 Å². The molecule has 1 aliphatic rings. The van der Waals surface area contributed by atoms with Crippen molar-refractivity contribution in [3.8, 4) is 0 Å². The van der Waals surface area contributed by atoms with Gasteiger partial charge in [-0.25, -0.2) is 0 Å². The molecule has 1 aromatic heterocycles. The molecule has 2 rings (SSSR count). The first kappa shape index (κ1) is 23.1. The molecule has 1 heterocycles. The largest absolute Gasteiger partial charge is 0.468 e. The molecule has 0 aliphatic heterocycles. The van der Waals surface area contributed by atoms with Crippen molar-refractivity contribution < 1.29 is 24.8 Å². The molecular weight excluding hydrogens is 334 g/mol. The lowest BCUT2D eigenvalue weighted by atomic mass is 9.88. The number of nitrogens with one attached hydrogen (secondary N) is 1. The first-order valence-corrected chi connectivity index (χ1v) is 5.75. The van der Waals surface area contributed by atoms with Crippen LogP contribution < -0.4 is 5.32 Å². The molecule has 0 bridgehead atoms. The summed E-state index contributed by atoms with van der Waals surface area (Å²) in [5, 5.41) is 41.1. The summed E-state index contributed by atoms with van der Waals surface area (Å²) in [5.41, 5.74) is 0.296. The van der Waals surface area contributed by atoms with Gasteiger partial charge in [-0.3, -0.25) is 0 Å². The Labute approximate surface area is 144 Å². The fraction of sp³-hybridized carbons (Fsp3) is 0.500. The second-order valence-corrected chi connectivity index (χ2v) is 4.31. The molecule has 1 unspecified atom stereocenters. The lowest BCUT2D eigenvalue weighted by Crippen LogP contribution is -2.53. The van der Waals surface area contributed by atoms with Crippen molar-refractivity contribution in [3.05, 3.63) is 35.8 Å². The van der Waals surface area contributed by atoms with Crippen LogP contribution in [0.1, 0.15) is 5.76 Å². The van der Waals surface area contributed by atoms with Gasteiger partial charge in [-0.2, -0.15) is 40.5 Å². The first-order chi connectivity index (χ1) is 8.63. The van der Waals surface area contributed by atoms with Crippen LogP contribution >= 0.6 is 40.5 Å². The van der Waals surface area contributed by atoms with Crippen LogP contribution in [-0.2, 0) is 6.54 Å². The predicted molar refractivity (Wildman–Crippen MR) is 93.7 cm³/mol. The van der Waals surface area contributed by atoms with Gasteiger partial charge in [-0.05, 0) is 17.7 Å². The zero-order valence-corrected chi connectivity index (χ0v) is 14.2. The average molecular weight is 358 g/mol. The van der Waals surface area contributed by atoms with Gasteiger partial charge in [0.1, 0.15) is 24.1 Å². The van der Waals surface area contributed by atoms with E-state index in [0.29, 0.717) is 17.9 Å². The Morgan fingerprint density at radius 2 is 1.76 bits per heavy atom. The lowest BCUT2D eigenvalue weighted by Gasteiger charge is -2.34. The van der Waals surface area contributed by atoms with E-state index in [-0.39, 0.29) is 47.1 Å². The molecule has 21 heavy (non-hydrogen) atoms. The third-order valence-corrected chi connectivity index (χ3v) is 3.09. The normalized spacial score (nSPS) is 27.7. The van der Waals surface area contributed by atoms with Crippen LogP contribution in [-0.4, -0.2) is 51.4 Å². The van der Waals surface area contributed by atoms with Crippen molar-refractivity contribution in [2.45, 2.75) is 30.9 Å². The maximum absolute atomic E-state index is 9.82. The van der Waals surface area contributed by atoms with Crippen LogP contribution in [0.3, 0.4) is 0 Å². The minimum absolute atomic E-state index is 0. The van der Waals surface area contributed by atoms with Gasteiger partial charge < -0.3 is 30.2 Å². The molecular formula is C12H23NO5S3. The van der Waals surface area contributed by atoms with E-state index < -0.39 is 24.4 Å². The van der Waals surface area contributed by atoms with Crippen molar-refractivity contribution in [1.29, 1.82) is 0 Å². The van der Waals surface area contributed by atoms with Crippen LogP contribution in [0, 0.1) is 0 Å².